The summed E-state index contributed by atoms with van der Waals surface area (Å²) in [5, 5.41) is 6.72. The normalized spacial score (nSPS) is 13.6. The highest BCUT2D eigenvalue weighted by Crippen LogP contribution is 2.54. The van der Waals surface area contributed by atoms with Crippen molar-refractivity contribution in [3.63, 3.8) is 0 Å². The second-order valence-corrected chi connectivity index (χ2v) is 32.9. The molecule has 0 unspecified atom stereocenters. The first-order chi connectivity index (χ1) is 51.0. The van der Waals surface area contributed by atoms with Gasteiger partial charge in [0.1, 0.15) is 23.0 Å². The van der Waals surface area contributed by atoms with Gasteiger partial charge < -0.3 is 29.5 Å². The van der Waals surface area contributed by atoms with Crippen molar-refractivity contribution in [2.75, 3.05) is 20.0 Å². The van der Waals surface area contributed by atoms with Crippen molar-refractivity contribution >= 4 is 173 Å². The molecule has 0 saturated carbocycles. The SMILES string of the molecule is Cc1cc(C)c(-c2cc3c4c(c2)Oc2cc5c(cc2B4c2cc4c(cc2O3)Nc2cc(-c3c(C)cc(C)cc3C)cc3c2B4c2sc4ccccc4c2N3c2ccccc2)B2c3sc4ccccc4c3N(c3ccccc3)c3cc(-c4c(C)cc(C)cc4C)cc(c32)N5c2c(C)cc(C)cc2C)c(C)c1. The van der Waals surface area contributed by atoms with E-state index in [-0.39, 0.29) is 20.1 Å². The summed E-state index contributed by atoms with van der Waals surface area (Å²) in [6.07, 6.45) is 0. The minimum atomic E-state index is -0.298. The Hall–Kier alpha value is -11.2. The summed E-state index contributed by atoms with van der Waals surface area (Å²) in [6, 6.07) is 83.7. The Bertz CT molecular complexity index is 6320. The molecule has 2 aromatic heterocycles. The highest BCUT2D eigenvalue weighted by atomic mass is 32.1. The quantitative estimate of drug-likeness (QED) is 0.167. The third-order valence-corrected chi connectivity index (χ3v) is 25.9. The lowest BCUT2D eigenvalue weighted by Gasteiger charge is -2.45. The predicted molar refractivity (Wildman–Crippen MR) is 451 cm³/mol. The van der Waals surface area contributed by atoms with Crippen LogP contribution >= 0.6 is 22.7 Å². The Kier molecular flexibility index (Phi) is 13.4. The van der Waals surface area contributed by atoms with Gasteiger partial charge in [0.2, 0.25) is 0 Å². The molecule has 502 valence electrons. The third-order valence-electron chi connectivity index (χ3n) is 23.5. The second-order valence-electron chi connectivity index (χ2n) is 30.7. The Morgan fingerprint density at radius 2 is 0.695 bits per heavy atom. The van der Waals surface area contributed by atoms with Gasteiger partial charge in [0, 0.05) is 92.8 Å². The van der Waals surface area contributed by atoms with Crippen LogP contribution in [0.25, 0.3) is 53.6 Å². The number of para-hydroxylation sites is 2. The molecule has 0 fully saturated rings. The molecule has 0 aliphatic carbocycles. The fraction of sp³-hybridized carbons (Fsp3) is 0.128. The minimum Gasteiger partial charge on any atom is -0.458 e. The van der Waals surface area contributed by atoms with E-state index in [1.54, 1.807) is 0 Å². The van der Waals surface area contributed by atoms with Crippen molar-refractivity contribution in [1.82, 2.24) is 0 Å². The van der Waals surface area contributed by atoms with Gasteiger partial charge in [-0.3, -0.25) is 0 Å². The molecule has 13 aromatic carbocycles. The van der Waals surface area contributed by atoms with Crippen molar-refractivity contribution in [3.05, 3.63) is 285 Å². The molecular weight excluding hydrogens is 1310 g/mol. The van der Waals surface area contributed by atoms with Gasteiger partial charge in [-0.25, -0.2) is 0 Å². The molecule has 0 amide bonds. The maximum atomic E-state index is 7.86. The largest absolute Gasteiger partial charge is 0.458 e. The van der Waals surface area contributed by atoms with E-state index in [9.17, 15) is 0 Å². The molecule has 105 heavy (non-hydrogen) atoms. The van der Waals surface area contributed by atoms with Gasteiger partial charge >= 0.3 is 0 Å². The second kappa shape index (κ2) is 22.6. The van der Waals surface area contributed by atoms with Crippen molar-refractivity contribution in [2.24, 2.45) is 0 Å². The van der Waals surface area contributed by atoms with Crippen LogP contribution in [0.15, 0.2) is 218 Å². The van der Waals surface area contributed by atoms with E-state index in [2.05, 4.69) is 321 Å². The molecule has 0 radical (unpaired) electrons. The topological polar surface area (TPSA) is 40.2 Å². The number of nitrogens with one attached hydrogen (secondary N) is 1. The smallest absolute Gasteiger partial charge is 0.264 e. The van der Waals surface area contributed by atoms with Crippen LogP contribution in [0.3, 0.4) is 0 Å². The van der Waals surface area contributed by atoms with E-state index in [1.807, 2.05) is 22.7 Å². The average molecular weight is 1390 g/mol. The van der Waals surface area contributed by atoms with Gasteiger partial charge in [0.15, 0.2) is 0 Å². The van der Waals surface area contributed by atoms with E-state index < -0.39 is 0 Å². The lowest BCUT2D eigenvalue weighted by atomic mass is 9.31. The molecule has 1 N–H and O–H groups in total. The standard InChI is InChI=1S/C94H73B3N4O2S2/c1-49-31-53(5)84(54(6)32-49)61-39-73-87-75(40-61)99(64-23-15-13-16-24-64)91-66-27-19-21-29-82(66)104-93(91)96(87)68-45-70-78(47-72(68)98-73)102-80-43-63(86-57(9)35-51(3)36-58(86)10)44-81-89(80)95(70)71-46-69-74(48-79(71)103-81)101(90-59(11)37-52(4)38-60(90)12)77-42-62(85-55(7)33-50(2)34-56(85)8)41-76-88(77)97(69)94-92(67-28-20-22-30-83(67)105-94)100(76)65-25-17-14-18-26-65/h13-48,98H,1-12H3. The molecular formula is C94H73B3N4O2S2. The predicted octanol–water partition coefficient (Wildman–Crippen LogP) is 20.0. The van der Waals surface area contributed by atoms with Gasteiger partial charge in [-0.2, -0.15) is 0 Å². The van der Waals surface area contributed by atoms with Gasteiger partial charge in [0.05, 0.1) is 17.1 Å². The van der Waals surface area contributed by atoms with Gasteiger partial charge in [-0.15, -0.1) is 22.7 Å². The zero-order valence-electron chi connectivity index (χ0n) is 61.0. The van der Waals surface area contributed by atoms with Crippen molar-refractivity contribution in [1.29, 1.82) is 0 Å². The number of ether oxygens (including phenoxy) is 2. The summed E-state index contributed by atoms with van der Waals surface area (Å²) in [5.41, 5.74) is 43.2. The van der Waals surface area contributed by atoms with Crippen molar-refractivity contribution in [3.8, 4) is 56.4 Å². The maximum Gasteiger partial charge on any atom is 0.264 e. The first-order valence-corrected chi connectivity index (χ1v) is 38.5. The van der Waals surface area contributed by atoms with E-state index >= 15 is 0 Å². The van der Waals surface area contributed by atoms with Crippen LogP contribution in [0.5, 0.6) is 23.0 Å². The van der Waals surface area contributed by atoms with Crippen LogP contribution in [0.2, 0.25) is 0 Å². The van der Waals surface area contributed by atoms with Crippen LogP contribution in [-0.4, -0.2) is 20.1 Å². The summed E-state index contributed by atoms with van der Waals surface area (Å²) in [6.45, 7) is 26.5. The Balaban J connectivity index is 0.856. The number of benzene rings is 13. The van der Waals surface area contributed by atoms with Crippen LogP contribution in [0, 0.1) is 83.1 Å². The number of anilines is 11. The molecule has 8 heterocycles. The molecule has 6 aliphatic heterocycles. The van der Waals surface area contributed by atoms with Gasteiger partial charge in [-0.1, -0.05) is 156 Å². The van der Waals surface area contributed by atoms with Crippen LogP contribution in [0.1, 0.15) is 66.8 Å². The Labute approximate surface area is 623 Å². The number of hydrogen-bond donors (Lipinski definition) is 1. The van der Waals surface area contributed by atoms with Crippen LogP contribution in [0.4, 0.5) is 62.6 Å². The van der Waals surface area contributed by atoms with Crippen LogP contribution < -0.4 is 77.3 Å². The summed E-state index contributed by atoms with van der Waals surface area (Å²) in [4.78, 5) is 7.82. The Morgan fingerprint density at radius 1 is 0.295 bits per heavy atom. The Morgan fingerprint density at radius 3 is 1.19 bits per heavy atom. The molecule has 0 atom stereocenters. The van der Waals surface area contributed by atoms with Gasteiger partial charge in [0.25, 0.3) is 20.1 Å². The number of fused-ring (bicyclic) bond motifs is 16. The number of nitrogens with zero attached hydrogens (tertiary/aromatic N) is 3. The number of thiophene rings is 2. The number of rotatable bonds is 6. The zero-order chi connectivity index (χ0) is 71.0. The molecule has 0 bridgehead atoms. The third kappa shape index (κ3) is 9.04. The minimum absolute atomic E-state index is 0.125. The number of hydrogen-bond acceptors (Lipinski definition) is 8. The van der Waals surface area contributed by atoms with Gasteiger partial charge in [-0.05, 0) is 267 Å². The molecule has 6 nitrogen and oxygen atoms in total. The monoisotopic (exact) mass is 1390 g/mol. The molecule has 15 aromatic rings. The first-order valence-electron chi connectivity index (χ1n) is 36.9. The highest BCUT2D eigenvalue weighted by Gasteiger charge is 2.51. The first kappa shape index (κ1) is 62.4. The fourth-order valence-corrected chi connectivity index (χ4v) is 22.7. The molecule has 21 rings (SSSR count). The average Bonchev–Trinajstić information content (AvgIpc) is 1.26. The summed E-state index contributed by atoms with van der Waals surface area (Å²) >= 11 is 3.88. The number of aryl methyl sites for hydroxylation is 12. The zero-order valence-corrected chi connectivity index (χ0v) is 62.6. The summed E-state index contributed by atoms with van der Waals surface area (Å²) in [5.74, 6) is 3.31. The molecule has 6 aliphatic rings. The van der Waals surface area contributed by atoms with E-state index in [0.29, 0.717) is 0 Å². The summed E-state index contributed by atoms with van der Waals surface area (Å²) < 4.78 is 20.7. The lowest BCUT2D eigenvalue weighted by Crippen LogP contribution is -2.64. The molecule has 0 spiro atoms. The lowest BCUT2D eigenvalue weighted by molar-refractivity contribution is 0.465. The fourth-order valence-electron chi connectivity index (χ4n) is 20.0. The highest BCUT2D eigenvalue weighted by molar-refractivity contribution is 7.34. The van der Waals surface area contributed by atoms with E-state index in [0.717, 1.165) is 73.4 Å². The van der Waals surface area contributed by atoms with E-state index in [4.69, 9.17) is 9.47 Å². The van der Waals surface area contributed by atoms with Crippen molar-refractivity contribution in [2.45, 2.75) is 83.1 Å². The molecule has 0 saturated heterocycles. The van der Waals surface area contributed by atoms with Crippen molar-refractivity contribution < 1.29 is 9.47 Å². The van der Waals surface area contributed by atoms with E-state index in [1.165, 1.54) is 180 Å². The molecule has 11 heteroatoms. The summed E-state index contributed by atoms with van der Waals surface area (Å²) in [7, 11) is 0. The maximum absolute atomic E-state index is 7.86. The van der Waals surface area contributed by atoms with Crippen LogP contribution in [-0.2, 0) is 0 Å².